The van der Waals surface area contributed by atoms with Gasteiger partial charge in [-0.05, 0) is 37.1 Å². The van der Waals surface area contributed by atoms with E-state index in [1.165, 1.54) is 13.2 Å². The van der Waals surface area contributed by atoms with Gasteiger partial charge in [0.05, 0.1) is 12.0 Å². The number of nitrogens with two attached hydrogens (primary N) is 1. The second kappa shape index (κ2) is 5.76. The summed E-state index contributed by atoms with van der Waals surface area (Å²) in [6, 6.07) is 6.62. The van der Waals surface area contributed by atoms with Crippen LogP contribution in [0.15, 0.2) is 29.2 Å². The third-order valence-corrected chi connectivity index (χ3v) is 4.12. The molecule has 0 atom stereocenters. The molecule has 0 saturated carbocycles. The molecule has 0 aliphatic carbocycles. The first-order valence-corrected chi connectivity index (χ1v) is 8.01. The van der Waals surface area contributed by atoms with Crippen molar-refractivity contribution in [1.82, 2.24) is 4.98 Å². The number of primary sulfonamides is 1. The molecule has 6 heteroatoms. The lowest BCUT2D eigenvalue weighted by Crippen LogP contribution is -2.13. The Kier molecular flexibility index (Phi) is 4.25. The molecule has 1 aromatic heterocycles. The van der Waals surface area contributed by atoms with Gasteiger partial charge in [-0.3, -0.25) is 0 Å². The molecular formula is C14H18N2O3S. The number of sulfonamides is 1. The summed E-state index contributed by atoms with van der Waals surface area (Å²) in [5, 5.41) is 5.73. The Labute approximate surface area is 118 Å². The van der Waals surface area contributed by atoms with Crippen molar-refractivity contribution in [2.24, 2.45) is 5.14 Å². The molecule has 2 aromatic rings. The maximum absolute atomic E-state index is 11.6. The molecule has 2 N–H and O–H groups in total. The van der Waals surface area contributed by atoms with Crippen LogP contribution < -0.4 is 9.88 Å². The van der Waals surface area contributed by atoms with E-state index in [1.807, 2.05) is 6.07 Å². The third-order valence-electron chi connectivity index (χ3n) is 3.15. The monoisotopic (exact) mass is 294 g/mol. The zero-order chi connectivity index (χ0) is 14.8. The van der Waals surface area contributed by atoms with Gasteiger partial charge in [0.2, 0.25) is 10.0 Å². The molecule has 1 aromatic carbocycles. The summed E-state index contributed by atoms with van der Waals surface area (Å²) in [7, 11) is -2.25. The molecule has 0 fully saturated rings. The van der Waals surface area contributed by atoms with Gasteiger partial charge < -0.3 is 4.74 Å². The lowest BCUT2D eigenvalue weighted by Gasteiger charge is -2.10. The number of nitrogens with zero attached hydrogens (tertiary/aromatic N) is 1. The van der Waals surface area contributed by atoms with Gasteiger partial charge in [0.15, 0.2) is 0 Å². The fraction of sp³-hybridized carbons (Fsp3) is 0.357. The number of pyridine rings is 1. The molecule has 0 aliphatic rings. The number of ether oxygens (including phenoxy) is 1. The van der Waals surface area contributed by atoms with E-state index in [-0.39, 0.29) is 4.90 Å². The zero-order valence-corrected chi connectivity index (χ0v) is 12.4. The first kappa shape index (κ1) is 14.7. The van der Waals surface area contributed by atoms with Crippen LogP contribution >= 0.6 is 0 Å². The van der Waals surface area contributed by atoms with Crippen molar-refractivity contribution >= 4 is 20.9 Å². The van der Waals surface area contributed by atoms with Crippen molar-refractivity contribution in [2.45, 2.75) is 31.1 Å². The number of rotatable bonds is 5. The molecular weight excluding hydrogens is 276 g/mol. The van der Waals surface area contributed by atoms with E-state index in [0.29, 0.717) is 16.7 Å². The fourth-order valence-corrected chi connectivity index (χ4v) is 2.85. The quantitative estimate of drug-likeness (QED) is 0.916. The van der Waals surface area contributed by atoms with Crippen molar-refractivity contribution in [3.8, 4) is 5.75 Å². The van der Waals surface area contributed by atoms with E-state index >= 15 is 0 Å². The molecule has 0 saturated heterocycles. The molecule has 108 valence electrons. The topological polar surface area (TPSA) is 82.3 Å². The largest absolute Gasteiger partial charge is 0.494 e. The smallest absolute Gasteiger partial charge is 0.238 e. The van der Waals surface area contributed by atoms with E-state index in [0.717, 1.165) is 25.0 Å². The van der Waals surface area contributed by atoms with E-state index in [4.69, 9.17) is 9.88 Å². The fourth-order valence-electron chi connectivity index (χ4n) is 2.12. The summed E-state index contributed by atoms with van der Waals surface area (Å²) < 4.78 is 28.5. The average Bonchev–Trinajstić information content (AvgIpc) is 2.42. The number of unbranched alkanes of at least 4 members (excludes halogenated alkanes) is 1. The molecule has 1 heterocycles. The minimum Gasteiger partial charge on any atom is -0.494 e. The van der Waals surface area contributed by atoms with E-state index in [2.05, 4.69) is 11.9 Å². The van der Waals surface area contributed by atoms with Crippen molar-refractivity contribution in [1.29, 1.82) is 0 Å². The highest BCUT2D eigenvalue weighted by Crippen LogP contribution is 2.29. The van der Waals surface area contributed by atoms with Crippen molar-refractivity contribution in [3.05, 3.63) is 30.0 Å². The predicted molar refractivity (Wildman–Crippen MR) is 78.3 cm³/mol. The molecule has 0 aliphatic heterocycles. The van der Waals surface area contributed by atoms with Crippen LogP contribution in [0, 0.1) is 0 Å². The SMILES string of the molecule is CCCCc1ccc2c(S(N)(=O)=O)ccc(OC)c2n1. The van der Waals surface area contributed by atoms with Gasteiger partial charge in [-0.15, -0.1) is 0 Å². The van der Waals surface area contributed by atoms with Crippen LogP contribution in [-0.4, -0.2) is 20.5 Å². The van der Waals surface area contributed by atoms with Gasteiger partial charge in [0, 0.05) is 11.1 Å². The van der Waals surface area contributed by atoms with Crippen LogP contribution in [0.3, 0.4) is 0 Å². The minimum atomic E-state index is -3.78. The van der Waals surface area contributed by atoms with Crippen molar-refractivity contribution in [3.63, 3.8) is 0 Å². The number of benzene rings is 1. The van der Waals surface area contributed by atoms with Crippen LogP contribution in [0.25, 0.3) is 10.9 Å². The zero-order valence-electron chi connectivity index (χ0n) is 11.6. The number of aryl methyl sites for hydroxylation is 1. The molecule has 0 bridgehead atoms. The van der Waals surface area contributed by atoms with Crippen LogP contribution in [-0.2, 0) is 16.4 Å². The lowest BCUT2D eigenvalue weighted by molar-refractivity contribution is 0.418. The maximum Gasteiger partial charge on any atom is 0.238 e. The highest BCUT2D eigenvalue weighted by Gasteiger charge is 2.16. The molecule has 0 spiro atoms. The molecule has 0 radical (unpaired) electrons. The van der Waals surface area contributed by atoms with Crippen molar-refractivity contribution in [2.75, 3.05) is 7.11 Å². The summed E-state index contributed by atoms with van der Waals surface area (Å²) in [5.41, 5.74) is 1.46. The van der Waals surface area contributed by atoms with Gasteiger partial charge in [0.1, 0.15) is 11.3 Å². The average molecular weight is 294 g/mol. The number of hydrogen-bond donors (Lipinski definition) is 1. The van der Waals surface area contributed by atoms with Gasteiger partial charge in [-0.25, -0.2) is 18.5 Å². The molecule has 0 unspecified atom stereocenters. The maximum atomic E-state index is 11.6. The second-order valence-corrected chi connectivity index (χ2v) is 6.14. The number of methoxy groups -OCH3 is 1. The van der Waals surface area contributed by atoms with Crippen molar-refractivity contribution < 1.29 is 13.2 Å². The van der Waals surface area contributed by atoms with E-state index in [1.54, 1.807) is 12.1 Å². The molecule has 20 heavy (non-hydrogen) atoms. The van der Waals surface area contributed by atoms with Gasteiger partial charge in [-0.2, -0.15) is 0 Å². The first-order valence-electron chi connectivity index (χ1n) is 6.46. The standard InChI is InChI=1S/C14H18N2O3S/c1-3-4-5-10-6-7-11-13(20(15,17)18)9-8-12(19-2)14(11)16-10/h6-9H,3-5H2,1-2H3,(H2,15,17,18). The van der Waals surface area contributed by atoms with E-state index < -0.39 is 10.0 Å². The Hall–Kier alpha value is -1.66. The summed E-state index contributed by atoms with van der Waals surface area (Å²) in [5.74, 6) is 0.547. The van der Waals surface area contributed by atoms with Crippen LogP contribution in [0.4, 0.5) is 0 Å². The Bertz CT molecular complexity index is 727. The summed E-state index contributed by atoms with van der Waals surface area (Å²) in [4.78, 5) is 4.58. The summed E-state index contributed by atoms with van der Waals surface area (Å²) in [6.07, 6.45) is 2.97. The number of aromatic nitrogens is 1. The van der Waals surface area contributed by atoms with Gasteiger partial charge in [0.25, 0.3) is 0 Å². The first-order chi connectivity index (χ1) is 9.47. The summed E-state index contributed by atoms with van der Waals surface area (Å²) in [6.45, 7) is 2.11. The summed E-state index contributed by atoms with van der Waals surface area (Å²) >= 11 is 0. The Balaban J connectivity index is 2.66. The Morgan fingerprint density at radius 3 is 2.60 bits per heavy atom. The number of hydrogen-bond acceptors (Lipinski definition) is 4. The highest BCUT2D eigenvalue weighted by atomic mass is 32.2. The minimum absolute atomic E-state index is 0.0721. The molecule has 5 nitrogen and oxygen atoms in total. The van der Waals surface area contributed by atoms with Gasteiger partial charge in [-0.1, -0.05) is 13.3 Å². The third kappa shape index (κ3) is 2.91. The van der Waals surface area contributed by atoms with Crippen LogP contribution in [0.1, 0.15) is 25.5 Å². The van der Waals surface area contributed by atoms with Gasteiger partial charge >= 0.3 is 0 Å². The van der Waals surface area contributed by atoms with Crippen LogP contribution in [0.5, 0.6) is 5.75 Å². The molecule has 0 amide bonds. The normalized spacial score (nSPS) is 11.8. The highest BCUT2D eigenvalue weighted by molar-refractivity contribution is 7.89. The Morgan fingerprint density at radius 1 is 1.25 bits per heavy atom. The second-order valence-electron chi connectivity index (χ2n) is 4.61. The lowest BCUT2D eigenvalue weighted by atomic mass is 10.1. The van der Waals surface area contributed by atoms with E-state index in [9.17, 15) is 8.42 Å². The number of fused-ring (bicyclic) bond motifs is 1. The molecule has 2 rings (SSSR count). The Morgan fingerprint density at radius 2 is 2.00 bits per heavy atom. The predicted octanol–water partition coefficient (Wildman–Crippen LogP) is 2.23. The van der Waals surface area contributed by atoms with Crippen LogP contribution in [0.2, 0.25) is 0 Å².